The van der Waals surface area contributed by atoms with Gasteiger partial charge in [0.1, 0.15) is 11.6 Å². The first-order valence-corrected chi connectivity index (χ1v) is 9.41. The number of hydrogen-bond acceptors (Lipinski definition) is 3. The number of rotatable bonds is 4. The zero-order valence-electron chi connectivity index (χ0n) is 15.6. The van der Waals surface area contributed by atoms with E-state index in [9.17, 15) is 13.6 Å². The van der Waals surface area contributed by atoms with Crippen LogP contribution in [0.4, 0.5) is 8.78 Å². The number of nitrogens with zero attached hydrogens (tertiary/aromatic N) is 2. The van der Waals surface area contributed by atoms with Crippen LogP contribution in [0.3, 0.4) is 0 Å². The van der Waals surface area contributed by atoms with Crippen LogP contribution in [0.1, 0.15) is 31.4 Å². The first kappa shape index (κ1) is 18.5. The lowest BCUT2D eigenvalue weighted by Crippen LogP contribution is -2.23. The summed E-state index contributed by atoms with van der Waals surface area (Å²) in [4.78, 5) is 19.4. The normalized spacial score (nSPS) is 15.7. The molecule has 28 heavy (non-hydrogen) atoms. The minimum absolute atomic E-state index is 0.0595. The van der Waals surface area contributed by atoms with Crippen LogP contribution in [0.2, 0.25) is 0 Å². The van der Waals surface area contributed by atoms with Gasteiger partial charge in [-0.15, -0.1) is 0 Å². The molecule has 1 atom stereocenters. The van der Waals surface area contributed by atoms with Crippen molar-refractivity contribution in [3.05, 3.63) is 76.5 Å². The molecule has 1 aliphatic heterocycles. The van der Waals surface area contributed by atoms with Crippen molar-refractivity contribution in [2.75, 3.05) is 13.1 Å². The number of likely N-dealkylation sites (tertiary alicyclic amines) is 1. The van der Waals surface area contributed by atoms with Crippen molar-refractivity contribution in [2.45, 2.75) is 25.8 Å². The maximum atomic E-state index is 14.7. The Morgan fingerprint density at radius 3 is 2.18 bits per heavy atom. The fourth-order valence-electron chi connectivity index (χ4n) is 3.76. The minimum atomic E-state index is -0.570. The van der Waals surface area contributed by atoms with Crippen LogP contribution in [0.5, 0.6) is 0 Å². The number of benzene rings is 2. The first-order chi connectivity index (χ1) is 13.5. The van der Waals surface area contributed by atoms with Crippen molar-refractivity contribution in [3.63, 3.8) is 0 Å². The summed E-state index contributed by atoms with van der Waals surface area (Å²) in [5, 5.41) is 0. The second kappa shape index (κ2) is 7.64. The van der Waals surface area contributed by atoms with Crippen molar-refractivity contribution < 1.29 is 8.78 Å². The summed E-state index contributed by atoms with van der Waals surface area (Å²) in [5.74, 6) is -1.09. The highest BCUT2D eigenvalue weighted by Crippen LogP contribution is 2.32. The van der Waals surface area contributed by atoms with Crippen molar-refractivity contribution in [1.29, 1.82) is 0 Å². The summed E-state index contributed by atoms with van der Waals surface area (Å²) >= 11 is 0. The van der Waals surface area contributed by atoms with E-state index in [1.807, 2.05) is 24.3 Å². The van der Waals surface area contributed by atoms with E-state index in [4.69, 9.17) is 0 Å². The molecule has 0 saturated carbocycles. The summed E-state index contributed by atoms with van der Waals surface area (Å²) < 4.78 is 29.3. The fourth-order valence-corrected chi connectivity index (χ4v) is 3.76. The lowest BCUT2D eigenvalue weighted by Gasteiger charge is -2.24. The third-order valence-corrected chi connectivity index (χ3v) is 5.43. The molecule has 1 aromatic heterocycles. The zero-order chi connectivity index (χ0) is 19.7. The number of hydrogen-bond donors (Lipinski definition) is 1. The Morgan fingerprint density at radius 2 is 1.61 bits per heavy atom. The highest BCUT2D eigenvalue weighted by atomic mass is 19.1. The van der Waals surface area contributed by atoms with Gasteiger partial charge in [0.2, 0.25) is 0 Å². The van der Waals surface area contributed by atoms with E-state index >= 15 is 0 Å². The molecule has 3 aromatic rings. The Labute approximate surface area is 161 Å². The van der Waals surface area contributed by atoms with Crippen LogP contribution in [0.15, 0.2) is 53.6 Å². The number of H-pyrrole nitrogens is 1. The van der Waals surface area contributed by atoms with Gasteiger partial charge in [-0.25, -0.2) is 18.6 Å². The van der Waals surface area contributed by atoms with Crippen molar-refractivity contribution in [2.24, 2.45) is 0 Å². The van der Waals surface area contributed by atoms with Crippen molar-refractivity contribution in [1.82, 2.24) is 14.9 Å². The van der Waals surface area contributed by atoms with Gasteiger partial charge >= 0.3 is 5.69 Å². The SMILES string of the molecule is CC(c1ccc(-c2cc(F)c(-c3cnc(=O)[nH]c3)cc2F)cc1)N1CCCC1. The maximum absolute atomic E-state index is 14.7. The van der Waals surface area contributed by atoms with Crippen molar-refractivity contribution >= 4 is 0 Å². The Morgan fingerprint density at radius 1 is 1.00 bits per heavy atom. The smallest absolute Gasteiger partial charge is 0.312 e. The van der Waals surface area contributed by atoms with Gasteiger partial charge in [0.05, 0.1) is 0 Å². The number of halogens is 2. The Hall–Kier alpha value is -2.86. The lowest BCUT2D eigenvalue weighted by molar-refractivity contribution is 0.263. The van der Waals surface area contributed by atoms with E-state index in [-0.39, 0.29) is 11.1 Å². The maximum Gasteiger partial charge on any atom is 0.344 e. The summed E-state index contributed by atoms with van der Waals surface area (Å²) in [6.07, 6.45) is 5.00. The molecule has 1 N–H and O–H groups in total. The van der Waals surface area contributed by atoms with Gasteiger partial charge in [0.15, 0.2) is 0 Å². The Balaban J connectivity index is 1.63. The van der Waals surface area contributed by atoms with E-state index in [0.717, 1.165) is 19.2 Å². The third-order valence-electron chi connectivity index (χ3n) is 5.43. The Bertz CT molecular complexity index is 1020. The molecule has 2 aromatic carbocycles. The van der Waals surface area contributed by atoms with Crippen LogP contribution in [0, 0.1) is 11.6 Å². The van der Waals surface area contributed by atoms with E-state index in [1.165, 1.54) is 36.9 Å². The number of aromatic amines is 1. The molecule has 2 heterocycles. The standard InChI is InChI=1S/C22H21F2N3O/c1-14(27-8-2-3-9-27)15-4-6-16(7-5-15)18-10-21(24)19(11-20(18)23)17-12-25-22(28)26-13-17/h4-7,10-14H,2-3,8-9H2,1H3,(H,25,26,28). The number of nitrogens with one attached hydrogen (secondary N) is 1. The molecule has 144 valence electrons. The summed E-state index contributed by atoms with van der Waals surface area (Å²) in [7, 11) is 0. The summed E-state index contributed by atoms with van der Waals surface area (Å²) in [6.45, 7) is 4.38. The molecule has 1 unspecified atom stereocenters. The minimum Gasteiger partial charge on any atom is -0.312 e. The van der Waals surface area contributed by atoms with Gasteiger partial charge in [-0.1, -0.05) is 24.3 Å². The molecule has 1 fully saturated rings. The summed E-state index contributed by atoms with van der Waals surface area (Å²) in [6, 6.07) is 10.3. The monoisotopic (exact) mass is 381 g/mol. The average Bonchev–Trinajstić information content (AvgIpc) is 3.25. The van der Waals surface area contributed by atoms with E-state index in [2.05, 4.69) is 21.8 Å². The first-order valence-electron chi connectivity index (χ1n) is 9.41. The molecule has 1 saturated heterocycles. The summed E-state index contributed by atoms with van der Waals surface area (Å²) in [5.41, 5.74) is 1.84. The van der Waals surface area contributed by atoms with Crippen molar-refractivity contribution in [3.8, 4) is 22.3 Å². The quantitative estimate of drug-likeness (QED) is 0.722. The highest BCUT2D eigenvalue weighted by Gasteiger charge is 2.20. The molecule has 0 amide bonds. The van der Waals surface area contributed by atoms with Crippen LogP contribution < -0.4 is 5.69 Å². The van der Waals surface area contributed by atoms with Gasteiger partial charge in [-0.3, -0.25) is 4.90 Å². The molecule has 6 heteroatoms. The highest BCUT2D eigenvalue weighted by molar-refractivity contribution is 5.71. The molecule has 1 aliphatic rings. The van der Waals surface area contributed by atoms with Crippen LogP contribution in [-0.2, 0) is 0 Å². The second-order valence-electron chi connectivity index (χ2n) is 7.16. The largest absolute Gasteiger partial charge is 0.344 e. The van der Waals surface area contributed by atoms with Gasteiger partial charge < -0.3 is 4.98 Å². The third kappa shape index (κ3) is 3.60. The van der Waals surface area contributed by atoms with Crippen LogP contribution in [-0.4, -0.2) is 28.0 Å². The Kier molecular flexibility index (Phi) is 5.05. The average molecular weight is 381 g/mol. The molecule has 0 bridgehead atoms. The molecule has 4 rings (SSSR count). The fraction of sp³-hybridized carbons (Fsp3) is 0.273. The second-order valence-corrected chi connectivity index (χ2v) is 7.16. The predicted octanol–water partition coefficient (Wildman–Crippen LogP) is 4.54. The van der Waals surface area contributed by atoms with E-state index in [1.54, 1.807) is 0 Å². The van der Waals surface area contributed by atoms with E-state index in [0.29, 0.717) is 17.2 Å². The number of aromatic nitrogens is 2. The van der Waals surface area contributed by atoms with Gasteiger partial charge in [0.25, 0.3) is 0 Å². The van der Waals surface area contributed by atoms with Gasteiger partial charge in [-0.2, -0.15) is 0 Å². The topological polar surface area (TPSA) is 49.0 Å². The molecule has 0 radical (unpaired) electrons. The molecular formula is C22H21F2N3O. The van der Waals surface area contributed by atoms with Gasteiger partial charge in [0, 0.05) is 35.1 Å². The zero-order valence-corrected chi connectivity index (χ0v) is 15.6. The molecule has 0 aliphatic carbocycles. The van der Waals surface area contributed by atoms with E-state index < -0.39 is 17.3 Å². The van der Waals surface area contributed by atoms with Crippen LogP contribution >= 0.6 is 0 Å². The molecule has 4 nitrogen and oxygen atoms in total. The molecular weight excluding hydrogens is 360 g/mol. The van der Waals surface area contributed by atoms with Crippen LogP contribution in [0.25, 0.3) is 22.3 Å². The predicted molar refractivity (Wildman–Crippen MR) is 105 cm³/mol. The molecule has 0 spiro atoms. The van der Waals surface area contributed by atoms with Gasteiger partial charge in [-0.05, 0) is 56.1 Å². The lowest BCUT2D eigenvalue weighted by atomic mass is 9.98.